The number of aromatic nitrogens is 2. The molecule has 1 heterocycles. The Hall–Kier alpha value is -1.95. The molecule has 0 aliphatic carbocycles. The fourth-order valence-electron chi connectivity index (χ4n) is 2.18. The third-order valence-corrected chi connectivity index (χ3v) is 4.02. The highest BCUT2D eigenvalue weighted by molar-refractivity contribution is 7.71. The minimum absolute atomic E-state index is 0.0460. The van der Waals surface area contributed by atoms with E-state index in [9.17, 15) is 9.59 Å². The lowest BCUT2D eigenvalue weighted by atomic mass is 10.2. The summed E-state index contributed by atoms with van der Waals surface area (Å²) in [7, 11) is 0. The van der Waals surface area contributed by atoms with Crippen LogP contribution in [0.25, 0.3) is 16.5 Å². The van der Waals surface area contributed by atoms with E-state index in [4.69, 9.17) is 35.4 Å². The number of benzene rings is 2. The van der Waals surface area contributed by atoms with E-state index in [0.29, 0.717) is 15.7 Å². The van der Waals surface area contributed by atoms with E-state index in [-0.39, 0.29) is 15.5 Å². The standard InChI is InChI=1S/C15H8Cl2N2O2S/c16-8-5-6-11(17)12(7-8)19-14(21)10-4-2-1-3-9(10)13(20)18-15(19)22/h1-7H,(H,18,20,22). The molecule has 1 N–H and O–H groups in total. The zero-order valence-electron chi connectivity index (χ0n) is 11.0. The Balaban J connectivity index is 2.59. The quantitative estimate of drug-likeness (QED) is 0.680. The van der Waals surface area contributed by atoms with Crippen molar-refractivity contribution in [2.45, 2.75) is 0 Å². The zero-order valence-corrected chi connectivity index (χ0v) is 13.3. The Bertz CT molecular complexity index is 1070. The van der Waals surface area contributed by atoms with E-state index in [1.165, 1.54) is 10.6 Å². The van der Waals surface area contributed by atoms with Gasteiger partial charge < -0.3 is 0 Å². The van der Waals surface area contributed by atoms with Gasteiger partial charge >= 0.3 is 0 Å². The maximum absolute atomic E-state index is 12.8. The molecule has 3 rings (SSSR count). The lowest BCUT2D eigenvalue weighted by molar-refractivity contribution is 0.944. The van der Waals surface area contributed by atoms with E-state index in [1.54, 1.807) is 36.4 Å². The molecule has 0 saturated carbocycles. The number of rotatable bonds is 1. The summed E-state index contributed by atoms with van der Waals surface area (Å²) in [4.78, 5) is 27.5. The number of aromatic amines is 1. The summed E-state index contributed by atoms with van der Waals surface area (Å²) in [6, 6.07) is 11.2. The summed E-state index contributed by atoms with van der Waals surface area (Å²) in [5, 5.41) is 1.21. The van der Waals surface area contributed by atoms with Crippen molar-refractivity contribution in [1.82, 2.24) is 9.55 Å². The highest BCUT2D eigenvalue weighted by atomic mass is 35.5. The molecular formula is C15H8Cl2N2O2S. The topological polar surface area (TPSA) is 54.9 Å². The summed E-state index contributed by atoms with van der Waals surface area (Å²) < 4.78 is 1.13. The predicted molar refractivity (Wildman–Crippen MR) is 91.0 cm³/mol. The maximum Gasteiger partial charge on any atom is 0.265 e. The fourth-order valence-corrected chi connectivity index (χ4v) is 2.82. The number of H-pyrrole nitrogens is 1. The fraction of sp³-hybridized carbons (Fsp3) is 0. The van der Waals surface area contributed by atoms with E-state index in [0.717, 1.165) is 0 Å². The molecule has 0 unspecified atom stereocenters. The summed E-state index contributed by atoms with van der Waals surface area (Å²) in [5.74, 6) is 0. The van der Waals surface area contributed by atoms with Crippen molar-refractivity contribution in [2.75, 3.05) is 0 Å². The van der Waals surface area contributed by atoms with Crippen LogP contribution < -0.4 is 11.1 Å². The molecule has 110 valence electrons. The number of nitrogens with zero attached hydrogens (tertiary/aromatic N) is 1. The number of hydrogen-bond acceptors (Lipinski definition) is 3. The van der Waals surface area contributed by atoms with Crippen LogP contribution in [0.5, 0.6) is 0 Å². The van der Waals surface area contributed by atoms with Crippen molar-refractivity contribution in [2.24, 2.45) is 0 Å². The predicted octanol–water partition coefficient (Wildman–Crippen LogP) is 3.72. The molecule has 2 aromatic carbocycles. The largest absolute Gasteiger partial charge is 0.298 e. The molecule has 0 radical (unpaired) electrons. The van der Waals surface area contributed by atoms with Gasteiger partial charge in [0.1, 0.15) is 0 Å². The van der Waals surface area contributed by atoms with Crippen molar-refractivity contribution in [1.29, 1.82) is 0 Å². The Morgan fingerprint density at radius 3 is 2.41 bits per heavy atom. The first-order valence-corrected chi connectivity index (χ1v) is 7.39. The molecule has 0 saturated heterocycles. The number of nitrogens with one attached hydrogen (secondary N) is 1. The minimum Gasteiger partial charge on any atom is -0.298 e. The van der Waals surface area contributed by atoms with Gasteiger partial charge in [-0.25, -0.2) is 0 Å². The van der Waals surface area contributed by atoms with Crippen LogP contribution in [-0.2, 0) is 0 Å². The third kappa shape index (κ3) is 2.47. The average molecular weight is 351 g/mol. The Morgan fingerprint density at radius 2 is 1.68 bits per heavy atom. The molecule has 0 bridgehead atoms. The normalized spacial score (nSPS) is 10.8. The first kappa shape index (κ1) is 15.0. The molecule has 4 nitrogen and oxygen atoms in total. The number of fused-ring (bicyclic) bond motifs is 1. The molecule has 0 aliphatic heterocycles. The monoisotopic (exact) mass is 350 g/mol. The highest BCUT2D eigenvalue weighted by Gasteiger charge is 2.11. The van der Waals surface area contributed by atoms with Gasteiger partial charge in [0.2, 0.25) is 0 Å². The number of halogens is 2. The minimum atomic E-state index is -0.442. The second kappa shape index (κ2) is 5.68. The molecule has 0 amide bonds. The van der Waals surface area contributed by atoms with Gasteiger partial charge in [-0.1, -0.05) is 35.3 Å². The highest BCUT2D eigenvalue weighted by Crippen LogP contribution is 2.23. The van der Waals surface area contributed by atoms with Gasteiger partial charge in [0.05, 0.1) is 21.5 Å². The van der Waals surface area contributed by atoms with Crippen molar-refractivity contribution < 1.29 is 0 Å². The molecule has 1 aromatic heterocycles. The Labute approximate surface area is 139 Å². The van der Waals surface area contributed by atoms with Crippen LogP contribution in [0.2, 0.25) is 10.0 Å². The smallest absolute Gasteiger partial charge is 0.265 e. The molecule has 0 aliphatic rings. The molecule has 3 aromatic rings. The van der Waals surface area contributed by atoms with Crippen LogP contribution in [0, 0.1) is 4.77 Å². The summed E-state index contributed by atoms with van der Waals surface area (Å²) in [6.07, 6.45) is 0. The second-order valence-electron chi connectivity index (χ2n) is 4.54. The van der Waals surface area contributed by atoms with Gasteiger partial charge in [0, 0.05) is 5.02 Å². The molecule has 22 heavy (non-hydrogen) atoms. The molecule has 0 fully saturated rings. The number of hydrogen-bond donors (Lipinski definition) is 1. The molecule has 0 atom stereocenters. The van der Waals surface area contributed by atoms with Crippen LogP contribution in [0.1, 0.15) is 0 Å². The third-order valence-electron chi connectivity index (χ3n) is 3.18. The van der Waals surface area contributed by atoms with Gasteiger partial charge in [-0.2, -0.15) is 0 Å². The lowest BCUT2D eigenvalue weighted by Crippen LogP contribution is -2.17. The van der Waals surface area contributed by atoms with E-state index in [1.807, 2.05) is 0 Å². The first-order chi connectivity index (χ1) is 10.5. The van der Waals surface area contributed by atoms with Gasteiger partial charge in [0.25, 0.3) is 11.1 Å². The van der Waals surface area contributed by atoms with E-state index in [2.05, 4.69) is 4.98 Å². The van der Waals surface area contributed by atoms with E-state index >= 15 is 0 Å². The van der Waals surface area contributed by atoms with Crippen molar-refractivity contribution in [3.63, 3.8) is 0 Å². The van der Waals surface area contributed by atoms with Crippen molar-refractivity contribution >= 4 is 46.2 Å². The summed E-state index contributed by atoms with van der Waals surface area (Å²) >= 11 is 17.3. The van der Waals surface area contributed by atoms with Crippen LogP contribution in [-0.4, -0.2) is 9.55 Å². The maximum atomic E-state index is 12.8. The van der Waals surface area contributed by atoms with Crippen molar-refractivity contribution in [3.8, 4) is 5.69 Å². The van der Waals surface area contributed by atoms with Crippen LogP contribution in [0.4, 0.5) is 0 Å². The molecule has 7 heteroatoms. The zero-order chi connectivity index (χ0) is 15.9. The van der Waals surface area contributed by atoms with Gasteiger partial charge in [0.15, 0.2) is 4.77 Å². The first-order valence-electron chi connectivity index (χ1n) is 6.23. The SMILES string of the molecule is O=c1[nH]c(=S)n(-c2cc(Cl)ccc2Cl)c(=O)c2ccccc12. The summed E-state index contributed by atoms with van der Waals surface area (Å²) in [5.41, 5.74) is -0.557. The van der Waals surface area contributed by atoms with Crippen LogP contribution in [0.3, 0.4) is 0 Å². The Kier molecular flexibility index (Phi) is 3.87. The lowest BCUT2D eigenvalue weighted by Gasteiger charge is -2.06. The molecule has 0 spiro atoms. The van der Waals surface area contributed by atoms with Gasteiger partial charge in [-0.15, -0.1) is 0 Å². The second-order valence-corrected chi connectivity index (χ2v) is 5.77. The molecular weight excluding hydrogens is 343 g/mol. The van der Waals surface area contributed by atoms with Crippen LogP contribution >= 0.6 is 35.4 Å². The van der Waals surface area contributed by atoms with Crippen LogP contribution in [0.15, 0.2) is 52.1 Å². The van der Waals surface area contributed by atoms with E-state index < -0.39 is 11.1 Å². The summed E-state index contributed by atoms with van der Waals surface area (Å²) in [6.45, 7) is 0. The van der Waals surface area contributed by atoms with Gasteiger partial charge in [-0.3, -0.25) is 19.1 Å². The van der Waals surface area contributed by atoms with Crippen molar-refractivity contribution in [3.05, 3.63) is 78.0 Å². The Morgan fingerprint density at radius 1 is 1.00 bits per heavy atom. The van der Waals surface area contributed by atoms with Gasteiger partial charge in [-0.05, 0) is 42.5 Å². The average Bonchev–Trinajstić information content (AvgIpc) is 2.59.